The molecule has 1 fully saturated rings. The Hall–Kier alpha value is -3.65. The standard InChI is InChI=1S/C21H19N5O3/c22-20(27)19-18-16(11-25(23-18)15-9-5-2-6-10-15)17-12-24(19)21(28)26(17)29-13-14-7-3-1-4-8-14/h1-11,17,19H,12-13H2,(H2,22,27)/t17-,19?/m1/s1. The number of rotatable bonds is 5. The Kier molecular flexibility index (Phi) is 4.06. The Labute approximate surface area is 167 Å². The maximum absolute atomic E-state index is 12.9. The highest BCUT2D eigenvalue weighted by Gasteiger charge is 2.52. The zero-order chi connectivity index (χ0) is 20.0. The van der Waals surface area contributed by atoms with Crippen LogP contribution in [0.3, 0.4) is 0 Å². The number of urea groups is 1. The van der Waals surface area contributed by atoms with Gasteiger partial charge in [-0.15, -0.1) is 0 Å². The van der Waals surface area contributed by atoms with Crippen molar-refractivity contribution >= 4 is 11.9 Å². The number of hydrogen-bond donors (Lipinski definition) is 1. The summed E-state index contributed by atoms with van der Waals surface area (Å²) in [7, 11) is 0. The van der Waals surface area contributed by atoms with Gasteiger partial charge in [-0.1, -0.05) is 48.5 Å². The number of aromatic nitrogens is 2. The highest BCUT2D eigenvalue weighted by molar-refractivity contribution is 5.89. The third kappa shape index (κ3) is 2.85. The summed E-state index contributed by atoms with van der Waals surface area (Å²) in [5.41, 5.74) is 8.72. The molecular formula is C21H19N5O3. The zero-order valence-electron chi connectivity index (χ0n) is 15.5. The molecule has 3 amide bonds. The molecule has 5 rings (SSSR count). The summed E-state index contributed by atoms with van der Waals surface area (Å²) in [5, 5.41) is 5.93. The van der Waals surface area contributed by atoms with Crippen LogP contribution < -0.4 is 5.73 Å². The Morgan fingerprint density at radius 2 is 1.79 bits per heavy atom. The lowest BCUT2D eigenvalue weighted by Crippen LogP contribution is -2.41. The van der Waals surface area contributed by atoms with Crippen molar-refractivity contribution in [3.05, 3.63) is 83.7 Å². The summed E-state index contributed by atoms with van der Waals surface area (Å²) in [6.07, 6.45) is 1.85. The molecule has 3 aromatic rings. The molecule has 2 aliphatic rings. The lowest BCUT2D eigenvalue weighted by Gasteiger charge is -2.26. The van der Waals surface area contributed by atoms with Gasteiger partial charge in [-0.2, -0.15) is 10.2 Å². The van der Waals surface area contributed by atoms with Gasteiger partial charge in [0.2, 0.25) is 5.91 Å². The molecule has 1 aromatic heterocycles. The number of carbonyl (C=O) groups is 2. The van der Waals surface area contributed by atoms with Crippen molar-refractivity contribution in [2.75, 3.05) is 6.54 Å². The van der Waals surface area contributed by atoms with E-state index in [1.54, 1.807) is 4.68 Å². The molecule has 2 atom stereocenters. The number of para-hydroxylation sites is 1. The Morgan fingerprint density at radius 3 is 2.48 bits per heavy atom. The van der Waals surface area contributed by atoms with Gasteiger partial charge in [0.25, 0.3) is 0 Å². The lowest BCUT2D eigenvalue weighted by atomic mass is 9.98. The zero-order valence-corrected chi connectivity index (χ0v) is 15.5. The number of hydroxylamine groups is 2. The fraction of sp³-hybridized carbons (Fsp3) is 0.190. The molecule has 3 heterocycles. The minimum absolute atomic E-state index is 0.250. The summed E-state index contributed by atoms with van der Waals surface area (Å²) < 4.78 is 1.71. The van der Waals surface area contributed by atoms with Crippen LogP contribution in [0.4, 0.5) is 4.79 Å². The van der Waals surface area contributed by atoms with E-state index in [4.69, 9.17) is 10.6 Å². The highest BCUT2D eigenvalue weighted by atomic mass is 16.7. The average Bonchev–Trinajstić information content (AvgIpc) is 3.30. The fourth-order valence-electron chi connectivity index (χ4n) is 3.92. The Morgan fingerprint density at radius 1 is 1.10 bits per heavy atom. The van der Waals surface area contributed by atoms with E-state index in [1.165, 1.54) is 9.96 Å². The van der Waals surface area contributed by atoms with Crippen LogP contribution in [0.2, 0.25) is 0 Å². The van der Waals surface area contributed by atoms with Crippen LogP contribution in [0, 0.1) is 0 Å². The van der Waals surface area contributed by atoms with Gasteiger partial charge in [0.15, 0.2) is 6.04 Å². The van der Waals surface area contributed by atoms with Gasteiger partial charge < -0.3 is 10.6 Å². The van der Waals surface area contributed by atoms with E-state index >= 15 is 0 Å². The van der Waals surface area contributed by atoms with Crippen molar-refractivity contribution in [1.29, 1.82) is 0 Å². The maximum atomic E-state index is 12.9. The first kappa shape index (κ1) is 17.4. The van der Waals surface area contributed by atoms with Gasteiger partial charge in [0.1, 0.15) is 18.3 Å². The van der Waals surface area contributed by atoms with E-state index in [0.29, 0.717) is 12.2 Å². The summed E-state index contributed by atoms with van der Waals surface area (Å²) >= 11 is 0. The number of nitrogens with zero attached hydrogens (tertiary/aromatic N) is 4. The second kappa shape index (κ2) is 6.75. The molecule has 1 saturated heterocycles. The molecule has 146 valence electrons. The summed E-state index contributed by atoms with van der Waals surface area (Å²) in [6, 6.07) is 17.6. The Bertz CT molecular complexity index is 1070. The molecule has 0 saturated carbocycles. The first-order valence-electron chi connectivity index (χ1n) is 9.34. The number of amides is 3. The molecule has 8 heteroatoms. The molecule has 0 aliphatic carbocycles. The normalized spacial score (nSPS) is 20.1. The Balaban J connectivity index is 1.51. The minimum atomic E-state index is -0.913. The monoisotopic (exact) mass is 389 g/mol. The first-order valence-corrected chi connectivity index (χ1v) is 9.34. The van der Waals surface area contributed by atoms with Gasteiger partial charge in [0, 0.05) is 11.8 Å². The molecule has 2 aliphatic heterocycles. The minimum Gasteiger partial charge on any atom is -0.368 e. The van der Waals surface area contributed by atoms with E-state index in [0.717, 1.165) is 16.8 Å². The average molecular weight is 389 g/mol. The van der Waals surface area contributed by atoms with Gasteiger partial charge in [-0.25, -0.2) is 9.48 Å². The molecular weight excluding hydrogens is 370 g/mol. The van der Waals surface area contributed by atoms with Crippen molar-refractivity contribution in [2.45, 2.75) is 18.7 Å². The molecule has 0 radical (unpaired) electrons. The fourth-order valence-corrected chi connectivity index (χ4v) is 3.92. The van der Waals surface area contributed by atoms with E-state index in [2.05, 4.69) is 5.10 Å². The van der Waals surface area contributed by atoms with E-state index in [-0.39, 0.29) is 18.7 Å². The third-order valence-corrected chi connectivity index (χ3v) is 5.29. The largest absolute Gasteiger partial charge is 0.368 e. The number of carbonyl (C=O) groups excluding carboxylic acids is 2. The molecule has 2 N–H and O–H groups in total. The van der Waals surface area contributed by atoms with Crippen LogP contribution in [0.5, 0.6) is 0 Å². The summed E-state index contributed by atoms with van der Waals surface area (Å²) in [6.45, 7) is 0.578. The van der Waals surface area contributed by atoms with Crippen LogP contribution in [0.15, 0.2) is 66.9 Å². The molecule has 8 nitrogen and oxygen atoms in total. The van der Waals surface area contributed by atoms with Crippen molar-refractivity contribution in [3.8, 4) is 5.69 Å². The SMILES string of the molecule is NC(=O)C1c2nn(-c3ccccc3)cc2[C@H]2CN1C(=O)N2OCc1ccccc1. The molecule has 0 spiro atoms. The van der Waals surface area contributed by atoms with Crippen LogP contribution in [-0.4, -0.2) is 38.2 Å². The van der Waals surface area contributed by atoms with E-state index in [1.807, 2.05) is 66.9 Å². The molecule has 29 heavy (non-hydrogen) atoms. The number of hydrogen-bond acceptors (Lipinski definition) is 4. The summed E-state index contributed by atoms with van der Waals surface area (Å²) in [5.74, 6) is -0.610. The predicted octanol–water partition coefficient (Wildman–Crippen LogP) is 2.32. The number of benzene rings is 2. The molecule has 2 aromatic carbocycles. The van der Waals surface area contributed by atoms with Crippen molar-refractivity contribution in [1.82, 2.24) is 19.7 Å². The number of fused-ring (bicyclic) bond motifs is 4. The van der Waals surface area contributed by atoms with Gasteiger partial charge in [0.05, 0.1) is 12.2 Å². The van der Waals surface area contributed by atoms with Crippen LogP contribution in [-0.2, 0) is 16.2 Å². The smallest absolute Gasteiger partial charge is 0.345 e. The number of primary amides is 1. The van der Waals surface area contributed by atoms with E-state index < -0.39 is 11.9 Å². The predicted molar refractivity (Wildman–Crippen MR) is 103 cm³/mol. The van der Waals surface area contributed by atoms with Crippen molar-refractivity contribution in [3.63, 3.8) is 0 Å². The summed E-state index contributed by atoms with van der Waals surface area (Å²) in [4.78, 5) is 32.4. The van der Waals surface area contributed by atoms with Gasteiger partial charge >= 0.3 is 6.03 Å². The number of nitrogens with two attached hydrogens (primary N) is 1. The van der Waals surface area contributed by atoms with E-state index in [9.17, 15) is 9.59 Å². The topological polar surface area (TPSA) is 93.7 Å². The van der Waals surface area contributed by atoms with Gasteiger partial charge in [-0.05, 0) is 17.7 Å². The maximum Gasteiger partial charge on any atom is 0.345 e. The van der Waals surface area contributed by atoms with Crippen LogP contribution in [0.25, 0.3) is 5.69 Å². The highest BCUT2D eigenvalue weighted by Crippen LogP contribution is 2.43. The second-order valence-corrected chi connectivity index (χ2v) is 7.09. The van der Waals surface area contributed by atoms with Crippen molar-refractivity contribution < 1.29 is 14.4 Å². The van der Waals surface area contributed by atoms with Crippen LogP contribution in [0.1, 0.15) is 28.9 Å². The first-order chi connectivity index (χ1) is 14.1. The van der Waals surface area contributed by atoms with Gasteiger partial charge in [-0.3, -0.25) is 9.63 Å². The van der Waals surface area contributed by atoms with Crippen LogP contribution >= 0.6 is 0 Å². The second-order valence-electron chi connectivity index (χ2n) is 7.09. The lowest BCUT2D eigenvalue weighted by molar-refractivity contribution is -0.141. The third-order valence-electron chi connectivity index (χ3n) is 5.29. The molecule has 1 unspecified atom stereocenters. The van der Waals surface area contributed by atoms with Crippen molar-refractivity contribution in [2.24, 2.45) is 5.73 Å². The molecule has 2 bridgehead atoms. The quantitative estimate of drug-likeness (QED) is 0.725.